The van der Waals surface area contributed by atoms with Crippen molar-refractivity contribution >= 4 is 24.8 Å². The van der Waals surface area contributed by atoms with Gasteiger partial charge < -0.3 is 0 Å². The predicted octanol–water partition coefficient (Wildman–Crippen LogP) is 3.52. The Morgan fingerprint density at radius 1 is 0.500 bits per heavy atom. The van der Waals surface area contributed by atoms with Crippen molar-refractivity contribution in [3.8, 4) is 0 Å². The zero-order valence-electron chi connectivity index (χ0n) is 5.95. The van der Waals surface area contributed by atoms with Crippen molar-refractivity contribution in [1.82, 2.24) is 0 Å². The van der Waals surface area contributed by atoms with E-state index in [0.717, 1.165) is 0 Å². The second-order valence-corrected chi connectivity index (χ2v) is 2.10. The van der Waals surface area contributed by atoms with Gasteiger partial charge in [0.25, 0.3) is 0 Å². The first kappa shape index (κ1) is 12.7. The van der Waals surface area contributed by atoms with E-state index < -0.39 is 0 Å². The maximum Gasteiger partial charge on any atom is -0.0316 e. The van der Waals surface area contributed by atoms with Gasteiger partial charge in [-0.3, -0.25) is 0 Å². The summed E-state index contributed by atoms with van der Waals surface area (Å²) < 4.78 is 0. The van der Waals surface area contributed by atoms with Gasteiger partial charge in [0.1, 0.15) is 0 Å². The molecule has 0 aromatic heterocycles. The molecule has 0 saturated carbocycles. The summed E-state index contributed by atoms with van der Waals surface area (Å²) >= 11 is 0. The number of allylic oxidation sites excluding steroid dienone is 4. The van der Waals surface area contributed by atoms with Gasteiger partial charge in [-0.1, -0.05) is 24.3 Å². The molecule has 0 aromatic carbocycles. The highest BCUT2D eigenvalue weighted by atomic mass is 35.5. The van der Waals surface area contributed by atoms with Gasteiger partial charge in [-0.25, -0.2) is 0 Å². The van der Waals surface area contributed by atoms with Gasteiger partial charge in [-0.15, -0.1) is 24.8 Å². The molecule has 1 rings (SSSR count). The molecule has 0 aromatic rings. The van der Waals surface area contributed by atoms with E-state index in [0.29, 0.717) is 0 Å². The molecule has 0 nitrogen and oxygen atoms in total. The van der Waals surface area contributed by atoms with Crippen molar-refractivity contribution in [2.45, 2.75) is 25.7 Å². The molecule has 0 fully saturated rings. The third-order valence-corrected chi connectivity index (χ3v) is 1.33. The molecule has 1 aliphatic carbocycles. The molecule has 0 spiro atoms. The Labute approximate surface area is 75.2 Å². The quantitative estimate of drug-likeness (QED) is 0.501. The Balaban J connectivity index is 0. The summed E-state index contributed by atoms with van der Waals surface area (Å²) in [4.78, 5) is 0. The van der Waals surface area contributed by atoms with Crippen molar-refractivity contribution in [1.29, 1.82) is 0 Å². The summed E-state index contributed by atoms with van der Waals surface area (Å²) in [5.41, 5.74) is 0. The lowest BCUT2D eigenvalue weighted by atomic mass is 10.1. The lowest BCUT2D eigenvalue weighted by molar-refractivity contribution is 0.962. The lowest BCUT2D eigenvalue weighted by Crippen LogP contribution is -1.71. The summed E-state index contributed by atoms with van der Waals surface area (Å²) in [6, 6.07) is 0. The summed E-state index contributed by atoms with van der Waals surface area (Å²) in [5.74, 6) is 0. The molecule has 0 heterocycles. The topological polar surface area (TPSA) is 0 Å². The first-order chi connectivity index (χ1) is 4.00. The normalized spacial score (nSPS) is 22.4. The molecule has 0 atom stereocenters. The molecule has 10 heavy (non-hydrogen) atoms. The molecular formula is C8H14Cl2. The standard InChI is InChI=1S/C8H12.2ClH/c1-2-4-6-8-7-5-3-1;;/h1-2,7-8H,3-6H2;2*1H/b2-1-,8-7-;;. The zero-order chi connectivity index (χ0) is 5.66. The Morgan fingerprint density at radius 2 is 0.700 bits per heavy atom. The van der Waals surface area contributed by atoms with Crippen LogP contribution >= 0.6 is 24.8 Å². The van der Waals surface area contributed by atoms with Crippen LogP contribution in [0.4, 0.5) is 0 Å². The number of halogens is 2. The first-order valence-corrected chi connectivity index (χ1v) is 3.30. The molecule has 60 valence electrons. The smallest absolute Gasteiger partial charge is 0.0316 e. The predicted molar refractivity (Wildman–Crippen MR) is 51.2 cm³/mol. The monoisotopic (exact) mass is 180 g/mol. The molecule has 0 amide bonds. The second kappa shape index (κ2) is 9.06. The number of hydrogen-bond donors (Lipinski definition) is 0. The summed E-state index contributed by atoms with van der Waals surface area (Å²) in [6.45, 7) is 0. The number of hydrogen-bond acceptors (Lipinski definition) is 0. The van der Waals surface area contributed by atoms with Crippen LogP contribution in [-0.2, 0) is 0 Å². The minimum absolute atomic E-state index is 0. The van der Waals surface area contributed by atoms with Gasteiger partial charge in [0.15, 0.2) is 0 Å². The van der Waals surface area contributed by atoms with Crippen LogP contribution in [0.5, 0.6) is 0 Å². The Morgan fingerprint density at radius 3 is 0.900 bits per heavy atom. The Hall–Kier alpha value is 0.0600. The average molecular weight is 181 g/mol. The fraction of sp³-hybridized carbons (Fsp3) is 0.500. The van der Waals surface area contributed by atoms with Gasteiger partial charge in [0.05, 0.1) is 0 Å². The van der Waals surface area contributed by atoms with E-state index in [2.05, 4.69) is 24.3 Å². The van der Waals surface area contributed by atoms with Crippen LogP contribution in [0, 0.1) is 0 Å². The SMILES string of the molecule is C1=C\CC/C=C\CC/1.Cl.Cl. The van der Waals surface area contributed by atoms with E-state index in [4.69, 9.17) is 0 Å². The van der Waals surface area contributed by atoms with Crippen LogP contribution < -0.4 is 0 Å². The first-order valence-electron chi connectivity index (χ1n) is 3.30. The molecule has 0 aliphatic heterocycles. The van der Waals surface area contributed by atoms with Crippen LogP contribution in [0.1, 0.15) is 25.7 Å². The van der Waals surface area contributed by atoms with Crippen LogP contribution in [0.3, 0.4) is 0 Å². The van der Waals surface area contributed by atoms with Crippen molar-refractivity contribution < 1.29 is 0 Å². The van der Waals surface area contributed by atoms with Crippen molar-refractivity contribution in [3.05, 3.63) is 24.3 Å². The Kier molecular flexibility index (Phi) is 11.5. The van der Waals surface area contributed by atoms with Crippen LogP contribution in [0.25, 0.3) is 0 Å². The van der Waals surface area contributed by atoms with Gasteiger partial charge in [0, 0.05) is 0 Å². The van der Waals surface area contributed by atoms with Crippen molar-refractivity contribution in [2.75, 3.05) is 0 Å². The highest BCUT2D eigenvalue weighted by molar-refractivity contribution is 5.85. The third-order valence-electron chi connectivity index (χ3n) is 1.33. The maximum absolute atomic E-state index is 2.27. The van der Waals surface area contributed by atoms with Crippen LogP contribution in [0.15, 0.2) is 24.3 Å². The fourth-order valence-corrected chi connectivity index (χ4v) is 0.856. The van der Waals surface area contributed by atoms with Crippen molar-refractivity contribution in [2.24, 2.45) is 0 Å². The fourth-order valence-electron chi connectivity index (χ4n) is 0.856. The van der Waals surface area contributed by atoms with E-state index >= 15 is 0 Å². The minimum Gasteiger partial charge on any atom is -0.147 e. The van der Waals surface area contributed by atoms with Crippen LogP contribution in [-0.4, -0.2) is 0 Å². The van der Waals surface area contributed by atoms with E-state index in [1.807, 2.05) is 0 Å². The molecule has 0 radical (unpaired) electrons. The zero-order valence-corrected chi connectivity index (χ0v) is 7.59. The highest BCUT2D eigenvalue weighted by Crippen LogP contribution is 2.02. The maximum atomic E-state index is 2.27. The summed E-state index contributed by atoms with van der Waals surface area (Å²) in [6.07, 6.45) is 14.0. The van der Waals surface area contributed by atoms with E-state index in [1.165, 1.54) is 25.7 Å². The van der Waals surface area contributed by atoms with E-state index in [9.17, 15) is 0 Å². The van der Waals surface area contributed by atoms with Crippen LogP contribution in [0.2, 0.25) is 0 Å². The largest absolute Gasteiger partial charge is 0.147 e. The Bertz CT molecular complexity index is 79.8. The second-order valence-electron chi connectivity index (χ2n) is 2.10. The lowest BCUT2D eigenvalue weighted by Gasteiger charge is -1.92. The molecule has 0 unspecified atom stereocenters. The van der Waals surface area contributed by atoms with Gasteiger partial charge in [-0.05, 0) is 25.7 Å². The summed E-state index contributed by atoms with van der Waals surface area (Å²) in [5, 5.41) is 0. The average Bonchev–Trinajstić information content (AvgIpc) is 1.62. The molecule has 2 heteroatoms. The highest BCUT2D eigenvalue weighted by Gasteiger charge is 1.81. The number of rotatable bonds is 0. The van der Waals surface area contributed by atoms with Gasteiger partial charge in [0.2, 0.25) is 0 Å². The van der Waals surface area contributed by atoms with E-state index in [-0.39, 0.29) is 24.8 Å². The van der Waals surface area contributed by atoms with Gasteiger partial charge in [-0.2, -0.15) is 0 Å². The third kappa shape index (κ3) is 6.18. The summed E-state index contributed by atoms with van der Waals surface area (Å²) in [7, 11) is 0. The van der Waals surface area contributed by atoms with E-state index in [1.54, 1.807) is 0 Å². The molecule has 1 aliphatic rings. The van der Waals surface area contributed by atoms with Gasteiger partial charge >= 0.3 is 0 Å². The molecule has 0 N–H and O–H groups in total. The van der Waals surface area contributed by atoms with Crippen molar-refractivity contribution in [3.63, 3.8) is 0 Å². The molecule has 0 bridgehead atoms. The molecular weight excluding hydrogens is 167 g/mol. The minimum atomic E-state index is 0. The molecule has 0 saturated heterocycles.